The Labute approximate surface area is 246 Å². The lowest BCUT2D eigenvalue weighted by Gasteiger charge is -2.28. The van der Waals surface area contributed by atoms with Crippen molar-refractivity contribution in [2.45, 2.75) is 78.0 Å². The topological polar surface area (TPSA) is 94.3 Å². The second kappa shape index (κ2) is 12.6. The molecule has 3 aromatic rings. The van der Waals surface area contributed by atoms with Crippen LogP contribution < -0.4 is 20.5 Å². The molecule has 2 fully saturated rings. The zero-order valence-electron chi connectivity index (χ0n) is 24.4. The molecule has 2 aliphatic rings. The van der Waals surface area contributed by atoms with E-state index in [4.69, 9.17) is 0 Å². The minimum atomic E-state index is -0.270. The van der Waals surface area contributed by atoms with E-state index in [2.05, 4.69) is 39.3 Å². The van der Waals surface area contributed by atoms with Crippen molar-refractivity contribution in [2.24, 2.45) is 5.92 Å². The molecule has 2 aliphatic carbocycles. The van der Waals surface area contributed by atoms with Gasteiger partial charge in [-0.05, 0) is 118 Å². The molecule has 0 aliphatic heterocycles. The summed E-state index contributed by atoms with van der Waals surface area (Å²) < 4.78 is 3.43. The zero-order valence-corrected chi connectivity index (χ0v) is 25.2. The molecule has 41 heavy (non-hydrogen) atoms. The molecule has 1 heterocycles. The minimum Gasteiger partial charge on any atom is -0.348 e. The molecule has 2 saturated carbocycles. The largest absolute Gasteiger partial charge is 0.348 e. The van der Waals surface area contributed by atoms with E-state index < -0.39 is 0 Å². The smallest absolute Gasteiger partial charge is 0.253 e. The van der Waals surface area contributed by atoms with E-state index in [0.717, 1.165) is 65.0 Å². The average Bonchev–Trinajstić information content (AvgIpc) is 3.62. The number of nitrogens with one attached hydrogen (secondary N) is 3. The van der Waals surface area contributed by atoms with Gasteiger partial charge >= 0.3 is 0 Å². The number of anilines is 2. The first-order valence-corrected chi connectivity index (χ1v) is 15.6. The predicted octanol–water partition coefficient (Wildman–Crippen LogP) is 6.66. The third-order valence-corrected chi connectivity index (χ3v) is 9.37. The molecule has 216 valence electrons. The van der Waals surface area contributed by atoms with Gasteiger partial charge in [0.2, 0.25) is 5.91 Å². The fraction of sp³-hybridized carbons (Fsp3) is 0.424. The van der Waals surface area contributed by atoms with E-state index >= 15 is 0 Å². The van der Waals surface area contributed by atoms with Crippen LogP contribution in [0.3, 0.4) is 0 Å². The first-order valence-electron chi connectivity index (χ1n) is 14.7. The summed E-state index contributed by atoms with van der Waals surface area (Å²) in [5.41, 5.74) is 6.88. The highest BCUT2D eigenvalue weighted by Crippen LogP contribution is 2.36. The summed E-state index contributed by atoms with van der Waals surface area (Å²) in [6.07, 6.45) is 6.52. The summed E-state index contributed by atoms with van der Waals surface area (Å²) in [5.74, 6) is -0.107. The number of benzene rings is 2. The number of aromatic amines is 1. The van der Waals surface area contributed by atoms with Crippen LogP contribution in [0.5, 0.6) is 0 Å². The molecule has 2 amide bonds. The summed E-state index contributed by atoms with van der Waals surface area (Å²) in [5, 5.41) is 3.67. The lowest BCUT2D eigenvalue weighted by Crippen LogP contribution is -2.36. The van der Waals surface area contributed by atoms with Gasteiger partial charge in [0.05, 0.1) is 0 Å². The van der Waals surface area contributed by atoms with Crippen LogP contribution in [-0.4, -0.2) is 28.6 Å². The molecule has 3 N–H and O–H groups in total. The van der Waals surface area contributed by atoms with E-state index in [-0.39, 0.29) is 29.8 Å². The lowest BCUT2D eigenvalue weighted by atomic mass is 9.95. The monoisotopic (exact) mass is 572 g/mol. The van der Waals surface area contributed by atoms with E-state index in [9.17, 15) is 14.4 Å². The summed E-state index contributed by atoms with van der Waals surface area (Å²) in [6, 6.07) is 14.1. The predicted molar refractivity (Wildman–Crippen MR) is 169 cm³/mol. The highest BCUT2D eigenvalue weighted by molar-refractivity contribution is 8.01. The molecule has 0 atom stereocenters. The Morgan fingerprint density at radius 2 is 1.68 bits per heavy atom. The zero-order chi connectivity index (χ0) is 29.1. The number of H-pyrrole nitrogens is 1. The SMILES string of the molecule is CCN(C(=O)C1CCCC1)c1cc(-c2ccc(NSC3CC3)cc2)cc(C(=O)NCc2c(C)cc(C)[nH]c2=O)c1C. The number of aryl methyl sites for hydroxylation is 2. The Bertz CT molecular complexity index is 1490. The van der Waals surface area contributed by atoms with Gasteiger partial charge in [-0.2, -0.15) is 0 Å². The van der Waals surface area contributed by atoms with Crippen molar-refractivity contribution in [1.82, 2.24) is 10.3 Å². The van der Waals surface area contributed by atoms with Crippen molar-refractivity contribution < 1.29 is 9.59 Å². The third kappa shape index (κ3) is 6.70. The van der Waals surface area contributed by atoms with E-state index in [1.165, 1.54) is 12.8 Å². The summed E-state index contributed by atoms with van der Waals surface area (Å²) in [7, 11) is 0. The van der Waals surface area contributed by atoms with Gasteiger partial charge in [0.15, 0.2) is 0 Å². The summed E-state index contributed by atoms with van der Waals surface area (Å²) in [6.45, 7) is 8.27. The number of carbonyl (C=O) groups is 2. The second-order valence-electron chi connectivity index (χ2n) is 11.4. The number of hydrogen-bond donors (Lipinski definition) is 3. The van der Waals surface area contributed by atoms with Gasteiger partial charge in [-0.1, -0.05) is 25.0 Å². The number of rotatable bonds is 10. The summed E-state index contributed by atoms with van der Waals surface area (Å²) >= 11 is 1.76. The maximum absolute atomic E-state index is 13.7. The normalized spacial score (nSPS) is 15.1. The number of amides is 2. The Kier molecular flexibility index (Phi) is 8.88. The van der Waals surface area contributed by atoms with E-state index in [1.54, 1.807) is 11.9 Å². The van der Waals surface area contributed by atoms with E-state index in [1.807, 2.05) is 50.8 Å². The molecular formula is C33H40N4O3S. The molecular weight excluding hydrogens is 532 g/mol. The molecule has 0 saturated heterocycles. The highest BCUT2D eigenvalue weighted by Gasteiger charge is 2.29. The Balaban J connectivity index is 1.48. The number of aromatic nitrogens is 1. The molecule has 0 bridgehead atoms. The number of pyridine rings is 1. The van der Waals surface area contributed by atoms with Crippen LogP contribution in [0.1, 0.15) is 78.2 Å². The van der Waals surface area contributed by atoms with Crippen molar-refractivity contribution in [3.05, 3.63) is 80.8 Å². The fourth-order valence-electron chi connectivity index (χ4n) is 5.65. The van der Waals surface area contributed by atoms with Gasteiger partial charge in [0.25, 0.3) is 11.5 Å². The van der Waals surface area contributed by atoms with Crippen LogP contribution in [0.2, 0.25) is 0 Å². The van der Waals surface area contributed by atoms with Gasteiger partial charge in [-0.3, -0.25) is 14.4 Å². The van der Waals surface area contributed by atoms with E-state index in [0.29, 0.717) is 22.9 Å². The Morgan fingerprint density at radius 3 is 2.32 bits per heavy atom. The van der Waals surface area contributed by atoms with Crippen LogP contribution in [-0.2, 0) is 11.3 Å². The highest BCUT2D eigenvalue weighted by atomic mass is 32.2. The third-order valence-electron chi connectivity index (χ3n) is 8.21. The fourth-order valence-corrected chi connectivity index (χ4v) is 6.46. The van der Waals surface area contributed by atoms with Crippen LogP contribution in [0.25, 0.3) is 11.1 Å². The first-order chi connectivity index (χ1) is 19.7. The van der Waals surface area contributed by atoms with Crippen molar-refractivity contribution in [3.63, 3.8) is 0 Å². The molecule has 8 heteroatoms. The number of carbonyl (C=O) groups excluding carboxylic acids is 2. The van der Waals surface area contributed by atoms with Gasteiger partial charge in [0, 0.05) is 52.5 Å². The van der Waals surface area contributed by atoms with Gasteiger partial charge in [0.1, 0.15) is 0 Å². The number of nitrogens with zero attached hydrogens (tertiary/aromatic N) is 1. The number of hydrogen-bond acceptors (Lipinski definition) is 5. The molecule has 2 aromatic carbocycles. The lowest BCUT2D eigenvalue weighted by molar-refractivity contribution is -0.122. The Morgan fingerprint density at radius 1 is 0.976 bits per heavy atom. The standard InChI is InChI=1S/C33H40N4O3S/c1-5-37(33(40)24-8-6-7-9-24)30-18-25(23-10-12-26(13-11-23)36-41-27-14-15-27)17-28(22(30)4)31(38)34-19-29-20(2)16-21(3)35-32(29)39/h10-13,16-18,24,27,36H,5-9,14-15,19H2,1-4H3,(H,34,38)(H,35,39). The minimum absolute atomic E-state index is 0.0286. The molecule has 1 aromatic heterocycles. The van der Waals surface area contributed by atoms with Crippen LogP contribution in [0.4, 0.5) is 11.4 Å². The van der Waals surface area contributed by atoms with Crippen LogP contribution in [0, 0.1) is 26.7 Å². The Hall–Kier alpha value is -3.52. The van der Waals surface area contributed by atoms with Gasteiger partial charge < -0.3 is 19.9 Å². The van der Waals surface area contributed by atoms with Gasteiger partial charge in [-0.25, -0.2) is 0 Å². The van der Waals surface area contributed by atoms with Crippen LogP contribution >= 0.6 is 11.9 Å². The van der Waals surface area contributed by atoms with Crippen molar-refractivity contribution >= 4 is 35.1 Å². The second-order valence-corrected chi connectivity index (χ2v) is 12.5. The molecule has 7 nitrogen and oxygen atoms in total. The maximum Gasteiger partial charge on any atom is 0.253 e. The molecule has 0 unspecified atom stereocenters. The average molecular weight is 573 g/mol. The molecule has 0 spiro atoms. The summed E-state index contributed by atoms with van der Waals surface area (Å²) in [4.78, 5) is 44.5. The maximum atomic E-state index is 13.7. The van der Waals surface area contributed by atoms with Gasteiger partial charge in [-0.15, -0.1) is 0 Å². The van der Waals surface area contributed by atoms with Crippen molar-refractivity contribution in [1.29, 1.82) is 0 Å². The van der Waals surface area contributed by atoms with Crippen LogP contribution in [0.15, 0.2) is 47.3 Å². The van der Waals surface area contributed by atoms with Crippen molar-refractivity contribution in [3.8, 4) is 11.1 Å². The van der Waals surface area contributed by atoms with Crippen molar-refractivity contribution in [2.75, 3.05) is 16.2 Å². The molecule has 5 rings (SSSR count). The first kappa shape index (κ1) is 29.0. The quantitative estimate of drug-likeness (QED) is 0.236. The molecule has 0 radical (unpaired) electrons.